The molecule has 0 heterocycles. The van der Waals surface area contributed by atoms with Crippen molar-refractivity contribution >= 4 is 17.7 Å². The first-order chi connectivity index (χ1) is 6.26. The first kappa shape index (κ1) is 13.5. The minimum atomic E-state index is -0.760. The van der Waals surface area contributed by atoms with Gasteiger partial charge in [0.2, 0.25) is 0 Å². The monoisotopic (exact) mass is 223 g/mol. The highest BCUT2D eigenvalue weighted by Gasteiger charge is 2.20. The average Bonchev–Trinajstić information content (AvgIpc) is 1.99. The fourth-order valence-corrected chi connectivity index (χ4v) is 0.991. The van der Waals surface area contributed by atoms with Crippen LogP contribution in [0.3, 0.4) is 0 Å². The number of nitrogens with one attached hydrogen (secondary N) is 1. The second-order valence-electron chi connectivity index (χ2n) is 4.16. The van der Waals surface area contributed by atoms with Crippen LogP contribution in [0.1, 0.15) is 27.7 Å². The molecule has 0 unspecified atom stereocenters. The van der Waals surface area contributed by atoms with E-state index in [1.807, 2.05) is 0 Å². The molecule has 0 aromatic heterocycles. The Morgan fingerprint density at radius 3 is 2.43 bits per heavy atom. The molecule has 1 amide bonds. The van der Waals surface area contributed by atoms with Crippen molar-refractivity contribution in [3.05, 3.63) is 0 Å². The maximum Gasteiger partial charge on any atom is 0.407 e. The smallest absolute Gasteiger partial charge is 0.407 e. The molecule has 2 N–H and O–H groups in total. The Balaban J connectivity index is 3.95. The van der Waals surface area contributed by atoms with Gasteiger partial charge in [0.15, 0.2) is 0 Å². The summed E-state index contributed by atoms with van der Waals surface area (Å²) in [5.74, 6) is 0.0803. The van der Waals surface area contributed by atoms with E-state index in [0.717, 1.165) is 0 Å². The summed E-state index contributed by atoms with van der Waals surface area (Å²) >= 11 is 5.42. The van der Waals surface area contributed by atoms with Gasteiger partial charge in [-0.3, -0.25) is 0 Å². The predicted octanol–water partition coefficient (Wildman–Crippen LogP) is 1.50. The molecule has 0 aliphatic rings. The number of carbonyl (C=O) groups excluding carboxylic acids is 1. The van der Waals surface area contributed by atoms with Crippen molar-refractivity contribution in [3.63, 3.8) is 0 Å². The van der Waals surface area contributed by atoms with Crippen LogP contribution in [0.25, 0.3) is 0 Å². The average molecular weight is 224 g/mol. The van der Waals surface area contributed by atoms with Crippen LogP contribution in [-0.4, -0.2) is 34.8 Å². The summed E-state index contributed by atoms with van der Waals surface area (Å²) in [5.41, 5.74) is -0.532. The number of rotatable bonds is 3. The number of halogens is 1. The zero-order chi connectivity index (χ0) is 11.4. The largest absolute Gasteiger partial charge is 0.444 e. The fraction of sp³-hybridized carbons (Fsp3) is 0.889. The minimum Gasteiger partial charge on any atom is -0.444 e. The van der Waals surface area contributed by atoms with Crippen molar-refractivity contribution in [2.45, 2.75) is 45.4 Å². The molecular formula is C9H18ClNO3. The van der Waals surface area contributed by atoms with E-state index in [1.54, 1.807) is 27.7 Å². The van der Waals surface area contributed by atoms with Crippen LogP contribution in [0, 0.1) is 0 Å². The fourth-order valence-electron chi connectivity index (χ4n) is 0.723. The SMILES string of the molecule is C[C@H](NC(=O)OC(C)(C)C)[C@H](O)CCl. The van der Waals surface area contributed by atoms with Gasteiger partial charge < -0.3 is 15.2 Å². The molecule has 0 saturated carbocycles. The molecule has 0 spiro atoms. The van der Waals surface area contributed by atoms with Crippen LogP contribution in [0.15, 0.2) is 0 Å². The van der Waals surface area contributed by atoms with Gasteiger partial charge in [-0.15, -0.1) is 11.6 Å². The van der Waals surface area contributed by atoms with E-state index in [4.69, 9.17) is 16.3 Å². The van der Waals surface area contributed by atoms with E-state index in [2.05, 4.69) is 5.32 Å². The lowest BCUT2D eigenvalue weighted by atomic mass is 10.2. The molecule has 5 heteroatoms. The Morgan fingerprint density at radius 1 is 1.57 bits per heavy atom. The van der Waals surface area contributed by atoms with Crippen LogP contribution in [0.2, 0.25) is 0 Å². The maximum absolute atomic E-state index is 11.2. The third-order valence-corrected chi connectivity index (χ3v) is 1.80. The molecule has 0 rings (SSSR count). The summed E-state index contributed by atoms with van der Waals surface area (Å²) < 4.78 is 5.00. The summed E-state index contributed by atoms with van der Waals surface area (Å²) in [7, 11) is 0. The molecule has 0 radical (unpaired) electrons. The molecule has 0 aliphatic heterocycles. The second kappa shape index (κ2) is 5.41. The summed E-state index contributed by atoms with van der Waals surface area (Å²) in [6.45, 7) is 6.98. The minimum absolute atomic E-state index is 0.0803. The molecular weight excluding hydrogens is 206 g/mol. The van der Waals surface area contributed by atoms with E-state index in [9.17, 15) is 9.90 Å². The number of carbonyl (C=O) groups is 1. The van der Waals surface area contributed by atoms with Gasteiger partial charge in [0.1, 0.15) is 5.60 Å². The normalized spacial score (nSPS) is 15.9. The number of aliphatic hydroxyl groups is 1. The second-order valence-corrected chi connectivity index (χ2v) is 4.47. The number of hydrogen-bond donors (Lipinski definition) is 2. The van der Waals surface area contributed by atoms with Crippen LogP contribution in [0.4, 0.5) is 4.79 Å². The number of amides is 1. The van der Waals surface area contributed by atoms with E-state index in [0.29, 0.717) is 0 Å². The van der Waals surface area contributed by atoms with Gasteiger partial charge in [0, 0.05) is 0 Å². The Bertz CT molecular complexity index is 191. The van der Waals surface area contributed by atoms with E-state index < -0.39 is 23.8 Å². The third-order valence-electron chi connectivity index (χ3n) is 1.48. The van der Waals surface area contributed by atoms with Crippen molar-refractivity contribution in [1.29, 1.82) is 0 Å². The van der Waals surface area contributed by atoms with Gasteiger partial charge in [-0.1, -0.05) is 0 Å². The van der Waals surface area contributed by atoms with Crippen LogP contribution in [0.5, 0.6) is 0 Å². The number of alkyl halides is 1. The number of ether oxygens (including phenoxy) is 1. The Morgan fingerprint density at radius 2 is 2.07 bits per heavy atom. The Labute approximate surface area is 89.6 Å². The summed E-state index contributed by atoms with van der Waals surface area (Å²) in [5, 5.41) is 11.8. The topological polar surface area (TPSA) is 58.6 Å². The van der Waals surface area contributed by atoms with Crippen LogP contribution < -0.4 is 5.32 Å². The lowest BCUT2D eigenvalue weighted by Crippen LogP contribution is -2.44. The number of aliphatic hydroxyl groups excluding tert-OH is 1. The molecule has 2 atom stereocenters. The van der Waals surface area contributed by atoms with E-state index in [-0.39, 0.29) is 5.88 Å². The van der Waals surface area contributed by atoms with Crippen molar-refractivity contribution in [2.75, 3.05) is 5.88 Å². The molecule has 0 aromatic carbocycles. The van der Waals surface area contributed by atoms with Gasteiger partial charge in [0.25, 0.3) is 0 Å². The molecule has 0 aliphatic carbocycles. The summed E-state index contributed by atoms with van der Waals surface area (Å²) in [4.78, 5) is 11.2. The zero-order valence-electron chi connectivity index (χ0n) is 9.00. The summed E-state index contributed by atoms with van der Waals surface area (Å²) in [6, 6.07) is -0.414. The molecule has 84 valence electrons. The maximum atomic E-state index is 11.2. The van der Waals surface area contributed by atoms with Crippen LogP contribution in [-0.2, 0) is 4.74 Å². The highest BCUT2D eigenvalue weighted by atomic mass is 35.5. The first-order valence-electron chi connectivity index (χ1n) is 4.50. The molecule has 0 saturated heterocycles. The molecule has 0 bridgehead atoms. The molecule has 0 fully saturated rings. The Kier molecular flexibility index (Phi) is 5.23. The van der Waals surface area contributed by atoms with Crippen molar-refractivity contribution in [2.24, 2.45) is 0 Å². The number of alkyl carbamates (subject to hydrolysis) is 1. The van der Waals surface area contributed by atoms with Gasteiger partial charge in [-0.25, -0.2) is 4.79 Å². The van der Waals surface area contributed by atoms with Gasteiger partial charge in [-0.2, -0.15) is 0 Å². The molecule has 4 nitrogen and oxygen atoms in total. The Hall–Kier alpha value is -0.480. The van der Waals surface area contributed by atoms with Crippen molar-refractivity contribution < 1.29 is 14.6 Å². The van der Waals surface area contributed by atoms with E-state index >= 15 is 0 Å². The van der Waals surface area contributed by atoms with Crippen LogP contribution >= 0.6 is 11.6 Å². The van der Waals surface area contributed by atoms with E-state index in [1.165, 1.54) is 0 Å². The molecule has 0 aromatic rings. The lowest BCUT2D eigenvalue weighted by Gasteiger charge is -2.23. The summed E-state index contributed by atoms with van der Waals surface area (Å²) in [6.07, 6.45) is -1.31. The van der Waals surface area contributed by atoms with Crippen molar-refractivity contribution in [1.82, 2.24) is 5.32 Å². The molecule has 14 heavy (non-hydrogen) atoms. The number of hydrogen-bond acceptors (Lipinski definition) is 3. The van der Waals surface area contributed by atoms with Gasteiger partial charge >= 0.3 is 6.09 Å². The zero-order valence-corrected chi connectivity index (χ0v) is 9.76. The standard InChI is InChI=1S/C9H18ClNO3/c1-6(7(12)5-10)11-8(13)14-9(2,3)4/h6-7,12H,5H2,1-4H3,(H,11,13)/t6-,7+/m0/s1. The highest BCUT2D eigenvalue weighted by Crippen LogP contribution is 2.07. The van der Waals surface area contributed by atoms with Crippen molar-refractivity contribution in [3.8, 4) is 0 Å². The highest BCUT2D eigenvalue weighted by molar-refractivity contribution is 6.18. The predicted molar refractivity (Wildman–Crippen MR) is 55.6 cm³/mol. The first-order valence-corrected chi connectivity index (χ1v) is 5.03. The quantitative estimate of drug-likeness (QED) is 0.713. The lowest BCUT2D eigenvalue weighted by molar-refractivity contribution is 0.0452. The van der Waals surface area contributed by atoms with Gasteiger partial charge in [-0.05, 0) is 27.7 Å². The third kappa shape index (κ3) is 6.05. The van der Waals surface area contributed by atoms with Gasteiger partial charge in [0.05, 0.1) is 18.0 Å².